The fraction of sp³-hybridized carbons (Fsp3) is 0.208. The van der Waals surface area contributed by atoms with Crippen molar-refractivity contribution in [3.05, 3.63) is 95.6 Å². The van der Waals surface area contributed by atoms with Crippen LogP contribution in [0.1, 0.15) is 16.7 Å². The molecule has 4 rings (SSSR count). The summed E-state index contributed by atoms with van der Waals surface area (Å²) in [6.45, 7) is 2.58. The Morgan fingerprint density at radius 1 is 0.759 bits per heavy atom. The van der Waals surface area contributed by atoms with Crippen LogP contribution in [0.15, 0.2) is 83.9 Å². The summed E-state index contributed by atoms with van der Waals surface area (Å²) in [4.78, 5) is 4.45. The minimum Gasteiger partial charge on any atom is -0.490 e. The molecular weight excluding hydrogens is 362 g/mol. The van der Waals surface area contributed by atoms with Gasteiger partial charge in [0.1, 0.15) is 30.5 Å². The quantitative estimate of drug-likeness (QED) is 0.473. The average molecular weight is 387 g/mol. The van der Waals surface area contributed by atoms with Crippen molar-refractivity contribution in [3.63, 3.8) is 0 Å². The highest BCUT2D eigenvalue weighted by atomic mass is 16.5. The van der Waals surface area contributed by atoms with Crippen molar-refractivity contribution >= 4 is 5.84 Å². The zero-order valence-electron chi connectivity index (χ0n) is 16.3. The Bertz CT molecular complexity index is 938. The molecule has 0 aliphatic carbocycles. The first kappa shape index (κ1) is 19.0. The van der Waals surface area contributed by atoms with Crippen molar-refractivity contribution in [1.82, 2.24) is 5.01 Å². The second-order valence-corrected chi connectivity index (χ2v) is 6.93. The van der Waals surface area contributed by atoms with Gasteiger partial charge in [0, 0.05) is 5.56 Å². The summed E-state index contributed by atoms with van der Waals surface area (Å²) < 4.78 is 11.4. The smallest absolute Gasteiger partial charge is 0.145 e. The molecule has 5 nitrogen and oxygen atoms in total. The maximum atomic E-state index is 5.94. The van der Waals surface area contributed by atoms with Crippen LogP contribution in [0.3, 0.4) is 0 Å². The Balaban J connectivity index is 1.26. The molecule has 3 aromatic rings. The number of hydrazine groups is 1. The normalized spacial score (nSPS) is 13.3. The zero-order chi connectivity index (χ0) is 19.9. The lowest BCUT2D eigenvalue weighted by atomic mass is 10.0. The SMILES string of the molecule is NN1CCN=C1c1ccc(Cc2ccc(OCCOc3ccccc3)cc2)cc1. The maximum absolute atomic E-state index is 5.94. The summed E-state index contributed by atoms with van der Waals surface area (Å²) in [5, 5.41) is 1.71. The zero-order valence-corrected chi connectivity index (χ0v) is 16.3. The molecule has 1 aliphatic rings. The monoisotopic (exact) mass is 387 g/mol. The first-order valence-corrected chi connectivity index (χ1v) is 9.83. The van der Waals surface area contributed by atoms with Crippen LogP contribution in [0.4, 0.5) is 0 Å². The molecule has 5 heteroatoms. The lowest BCUT2D eigenvalue weighted by molar-refractivity contribution is 0.217. The number of hydrogen-bond donors (Lipinski definition) is 1. The first-order valence-electron chi connectivity index (χ1n) is 9.83. The number of rotatable bonds is 8. The molecule has 0 aromatic heterocycles. The molecule has 0 unspecified atom stereocenters. The largest absolute Gasteiger partial charge is 0.490 e. The van der Waals surface area contributed by atoms with E-state index in [9.17, 15) is 0 Å². The number of para-hydroxylation sites is 1. The lowest BCUT2D eigenvalue weighted by Gasteiger charge is -2.13. The van der Waals surface area contributed by atoms with Gasteiger partial charge in [-0.2, -0.15) is 0 Å². The highest BCUT2D eigenvalue weighted by Crippen LogP contribution is 2.17. The van der Waals surface area contributed by atoms with Gasteiger partial charge in [-0.05, 0) is 41.8 Å². The number of nitrogens with zero attached hydrogens (tertiary/aromatic N) is 2. The number of aliphatic imine (C=N–C) groups is 1. The van der Waals surface area contributed by atoms with E-state index in [0.717, 1.165) is 42.4 Å². The van der Waals surface area contributed by atoms with Crippen LogP contribution in [0.5, 0.6) is 11.5 Å². The van der Waals surface area contributed by atoms with E-state index in [1.807, 2.05) is 42.5 Å². The van der Waals surface area contributed by atoms with Gasteiger partial charge in [0.15, 0.2) is 0 Å². The minimum atomic E-state index is 0.512. The van der Waals surface area contributed by atoms with Crippen molar-refractivity contribution < 1.29 is 9.47 Å². The molecular formula is C24H25N3O2. The molecule has 29 heavy (non-hydrogen) atoms. The summed E-state index contributed by atoms with van der Waals surface area (Å²) in [5.41, 5.74) is 3.56. The van der Waals surface area contributed by atoms with Crippen molar-refractivity contribution in [2.24, 2.45) is 10.8 Å². The molecule has 0 spiro atoms. The van der Waals surface area contributed by atoms with Crippen molar-refractivity contribution in [2.75, 3.05) is 26.3 Å². The Morgan fingerprint density at radius 3 is 1.93 bits per heavy atom. The highest BCUT2D eigenvalue weighted by molar-refractivity contribution is 5.99. The van der Waals surface area contributed by atoms with E-state index in [4.69, 9.17) is 15.3 Å². The van der Waals surface area contributed by atoms with Crippen molar-refractivity contribution in [2.45, 2.75) is 6.42 Å². The molecule has 3 aromatic carbocycles. The number of benzene rings is 3. The molecule has 2 N–H and O–H groups in total. The second kappa shape index (κ2) is 9.26. The third-order valence-corrected chi connectivity index (χ3v) is 4.78. The van der Waals surface area contributed by atoms with Gasteiger partial charge < -0.3 is 9.47 Å². The molecule has 0 amide bonds. The Hall–Kier alpha value is -3.31. The molecule has 0 saturated heterocycles. The Morgan fingerprint density at radius 2 is 1.34 bits per heavy atom. The molecule has 0 saturated carbocycles. The highest BCUT2D eigenvalue weighted by Gasteiger charge is 2.14. The molecule has 0 radical (unpaired) electrons. The van der Waals surface area contributed by atoms with Crippen LogP contribution < -0.4 is 15.3 Å². The second-order valence-electron chi connectivity index (χ2n) is 6.93. The van der Waals surface area contributed by atoms with Crippen LogP contribution in [-0.2, 0) is 6.42 Å². The van der Waals surface area contributed by atoms with E-state index in [1.165, 1.54) is 11.1 Å². The average Bonchev–Trinajstić information content (AvgIpc) is 3.19. The summed E-state index contributed by atoms with van der Waals surface area (Å²) in [6.07, 6.45) is 0.872. The van der Waals surface area contributed by atoms with E-state index in [0.29, 0.717) is 13.2 Å². The predicted molar refractivity (Wildman–Crippen MR) is 115 cm³/mol. The summed E-state index contributed by atoms with van der Waals surface area (Å²) in [5.74, 6) is 8.52. The van der Waals surface area contributed by atoms with Crippen molar-refractivity contribution in [3.8, 4) is 11.5 Å². The minimum absolute atomic E-state index is 0.512. The van der Waals surface area contributed by atoms with E-state index >= 15 is 0 Å². The van der Waals surface area contributed by atoms with Crippen molar-refractivity contribution in [1.29, 1.82) is 0 Å². The van der Waals surface area contributed by atoms with Crippen LogP contribution in [0.25, 0.3) is 0 Å². The number of nitrogens with two attached hydrogens (primary N) is 1. The first-order chi connectivity index (χ1) is 14.3. The van der Waals surface area contributed by atoms with Gasteiger partial charge in [0.05, 0.1) is 13.1 Å². The molecule has 0 fully saturated rings. The fourth-order valence-corrected chi connectivity index (χ4v) is 3.26. The predicted octanol–water partition coefficient (Wildman–Crippen LogP) is 3.67. The van der Waals surface area contributed by atoms with Crippen LogP contribution in [-0.4, -0.2) is 37.1 Å². The van der Waals surface area contributed by atoms with Crippen LogP contribution in [0.2, 0.25) is 0 Å². The topological polar surface area (TPSA) is 60.1 Å². The number of ether oxygens (including phenoxy) is 2. The van der Waals surface area contributed by atoms with Gasteiger partial charge in [0.25, 0.3) is 0 Å². The van der Waals surface area contributed by atoms with Gasteiger partial charge in [0.2, 0.25) is 0 Å². The van der Waals surface area contributed by atoms with E-state index in [2.05, 4.69) is 41.4 Å². The van der Waals surface area contributed by atoms with E-state index in [-0.39, 0.29) is 0 Å². The summed E-state index contributed by atoms with van der Waals surface area (Å²) in [7, 11) is 0. The summed E-state index contributed by atoms with van der Waals surface area (Å²) in [6, 6.07) is 26.4. The number of amidine groups is 1. The molecule has 0 bridgehead atoms. The van der Waals surface area contributed by atoms with Gasteiger partial charge >= 0.3 is 0 Å². The van der Waals surface area contributed by atoms with Gasteiger partial charge in [-0.25, -0.2) is 5.84 Å². The standard InChI is InChI=1S/C24H25N3O2/c25-27-15-14-26-24(27)21-10-6-19(7-11-21)18-20-8-12-23(13-9-20)29-17-16-28-22-4-2-1-3-5-22/h1-13H,14-18,25H2. The van der Waals surface area contributed by atoms with Gasteiger partial charge in [-0.15, -0.1) is 0 Å². The lowest BCUT2D eigenvalue weighted by Crippen LogP contribution is -2.34. The third kappa shape index (κ3) is 5.15. The van der Waals surface area contributed by atoms with Crippen LogP contribution >= 0.6 is 0 Å². The van der Waals surface area contributed by atoms with E-state index in [1.54, 1.807) is 5.01 Å². The summed E-state index contributed by atoms with van der Waals surface area (Å²) >= 11 is 0. The fourth-order valence-electron chi connectivity index (χ4n) is 3.26. The van der Waals surface area contributed by atoms with Crippen LogP contribution in [0, 0.1) is 0 Å². The molecule has 1 aliphatic heterocycles. The molecule has 0 atom stereocenters. The maximum Gasteiger partial charge on any atom is 0.145 e. The third-order valence-electron chi connectivity index (χ3n) is 4.78. The van der Waals surface area contributed by atoms with E-state index < -0.39 is 0 Å². The molecule has 148 valence electrons. The molecule has 1 heterocycles. The van der Waals surface area contributed by atoms with Gasteiger partial charge in [-0.3, -0.25) is 10.0 Å². The Kier molecular flexibility index (Phi) is 6.07. The Labute approximate surface area is 171 Å². The van der Waals surface area contributed by atoms with Gasteiger partial charge in [-0.1, -0.05) is 54.6 Å². The number of hydrogen-bond acceptors (Lipinski definition) is 5.